The fourth-order valence-electron chi connectivity index (χ4n) is 4.64. The van der Waals surface area contributed by atoms with Crippen molar-refractivity contribution in [3.8, 4) is 11.5 Å². The number of nitrogens with two attached hydrogens (primary N) is 1. The quantitative estimate of drug-likeness (QED) is 0.537. The molecular formula is C24H23ClFN5O4S. The third-order valence-corrected chi connectivity index (χ3v) is 7.66. The maximum absolute atomic E-state index is 13.4. The van der Waals surface area contributed by atoms with E-state index in [0.29, 0.717) is 50.6 Å². The molecule has 1 saturated heterocycles. The molecule has 3 aromatic rings. The molecule has 5 rings (SSSR count). The van der Waals surface area contributed by atoms with Gasteiger partial charge in [0.05, 0.1) is 16.1 Å². The van der Waals surface area contributed by atoms with E-state index in [1.54, 1.807) is 12.1 Å². The Hall–Kier alpha value is -3.28. The zero-order valence-corrected chi connectivity index (χ0v) is 20.7. The highest BCUT2D eigenvalue weighted by molar-refractivity contribution is 7.89. The number of ether oxygens (including phenoxy) is 1. The number of hydrogen-bond acceptors (Lipinski definition) is 7. The highest BCUT2D eigenvalue weighted by Crippen LogP contribution is 2.35. The molecular weight excluding hydrogens is 509 g/mol. The van der Waals surface area contributed by atoms with Crippen molar-refractivity contribution >= 4 is 33.3 Å². The van der Waals surface area contributed by atoms with Gasteiger partial charge in [0.15, 0.2) is 11.6 Å². The fourth-order valence-corrected chi connectivity index (χ4v) is 5.41. The summed E-state index contributed by atoms with van der Waals surface area (Å²) >= 11 is 6.10. The van der Waals surface area contributed by atoms with E-state index < -0.39 is 15.8 Å². The summed E-state index contributed by atoms with van der Waals surface area (Å²) in [6.45, 7) is 2.06. The molecule has 2 aliphatic rings. The number of anilines is 1. The molecule has 0 bridgehead atoms. The average Bonchev–Trinajstić information content (AvgIpc) is 3.29. The lowest BCUT2D eigenvalue weighted by molar-refractivity contribution is -0.135. The van der Waals surface area contributed by atoms with Gasteiger partial charge in [-0.05, 0) is 54.3 Å². The SMILES string of the molecule is NS(=O)(=O)c1ccc2c(c1)CC(C(=O)N1CCN(c3ncncc3Oc3ccc(F)cc3Cl)CC1)C2. The highest BCUT2D eigenvalue weighted by atomic mass is 35.5. The zero-order valence-electron chi connectivity index (χ0n) is 19.1. The van der Waals surface area contributed by atoms with E-state index in [9.17, 15) is 17.6 Å². The smallest absolute Gasteiger partial charge is 0.238 e. The predicted molar refractivity (Wildman–Crippen MR) is 131 cm³/mol. The third kappa shape index (κ3) is 4.99. The van der Waals surface area contributed by atoms with Gasteiger partial charge in [0.2, 0.25) is 15.9 Å². The van der Waals surface area contributed by atoms with E-state index >= 15 is 0 Å². The Labute approximate surface area is 212 Å². The van der Waals surface area contributed by atoms with Crippen LogP contribution in [0.25, 0.3) is 0 Å². The highest BCUT2D eigenvalue weighted by Gasteiger charge is 2.33. The number of nitrogens with zero attached hydrogens (tertiary/aromatic N) is 4. The summed E-state index contributed by atoms with van der Waals surface area (Å²) in [4.78, 5) is 25.5. The van der Waals surface area contributed by atoms with Gasteiger partial charge in [-0.25, -0.2) is 27.9 Å². The topological polar surface area (TPSA) is 119 Å². The molecule has 0 spiro atoms. The summed E-state index contributed by atoms with van der Waals surface area (Å²) in [7, 11) is -3.79. The van der Waals surface area contributed by atoms with Crippen LogP contribution >= 0.6 is 11.6 Å². The molecule has 2 aromatic carbocycles. The van der Waals surface area contributed by atoms with Crippen molar-refractivity contribution in [2.24, 2.45) is 11.1 Å². The number of amides is 1. The number of halogens is 2. The summed E-state index contributed by atoms with van der Waals surface area (Å²) in [5.41, 5.74) is 1.82. The molecule has 2 heterocycles. The summed E-state index contributed by atoms with van der Waals surface area (Å²) in [6, 6.07) is 8.66. The number of carbonyl (C=O) groups is 1. The molecule has 1 fully saturated rings. The first kappa shape index (κ1) is 24.4. The number of sulfonamides is 1. The lowest BCUT2D eigenvalue weighted by Crippen LogP contribution is -2.50. The second-order valence-electron chi connectivity index (χ2n) is 8.78. The monoisotopic (exact) mass is 531 g/mol. The Bertz CT molecular complexity index is 1430. The first-order chi connectivity index (χ1) is 17.2. The van der Waals surface area contributed by atoms with Gasteiger partial charge in [0, 0.05) is 32.1 Å². The van der Waals surface area contributed by atoms with E-state index in [1.165, 1.54) is 36.8 Å². The summed E-state index contributed by atoms with van der Waals surface area (Å²) < 4.78 is 42.6. The van der Waals surface area contributed by atoms with E-state index in [2.05, 4.69) is 9.97 Å². The fraction of sp³-hybridized carbons (Fsp3) is 0.292. The van der Waals surface area contributed by atoms with Crippen molar-refractivity contribution in [1.82, 2.24) is 14.9 Å². The Morgan fingerprint density at radius 3 is 2.53 bits per heavy atom. The van der Waals surface area contributed by atoms with Gasteiger partial charge in [-0.2, -0.15) is 0 Å². The van der Waals surface area contributed by atoms with E-state index in [-0.39, 0.29) is 27.5 Å². The van der Waals surface area contributed by atoms with Crippen molar-refractivity contribution in [1.29, 1.82) is 0 Å². The van der Waals surface area contributed by atoms with Gasteiger partial charge in [-0.1, -0.05) is 17.7 Å². The summed E-state index contributed by atoms with van der Waals surface area (Å²) in [5.74, 6) is 0.562. The normalized spacial score (nSPS) is 17.7. The Morgan fingerprint density at radius 1 is 1.06 bits per heavy atom. The first-order valence-corrected chi connectivity index (χ1v) is 13.2. The maximum Gasteiger partial charge on any atom is 0.238 e. The second kappa shape index (κ2) is 9.64. The number of carbonyl (C=O) groups excluding carboxylic acids is 1. The number of primary sulfonamides is 1. The number of benzene rings is 2. The van der Waals surface area contributed by atoms with Crippen LogP contribution in [0, 0.1) is 11.7 Å². The molecule has 1 amide bonds. The molecule has 9 nitrogen and oxygen atoms in total. The number of piperazine rings is 1. The van der Waals surface area contributed by atoms with Gasteiger partial charge >= 0.3 is 0 Å². The van der Waals surface area contributed by atoms with E-state index in [0.717, 1.165) is 11.1 Å². The van der Waals surface area contributed by atoms with Gasteiger partial charge in [0.1, 0.15) is 17.9 Å². The molecule has 36 heavy (non-hydrogen) atoms. The van der Waals surface area contributed by atoms with Crippen molar-refractivity contribution in [2.45, 2.75) is 17.7 Å². The molecule has 1 atom stereocenters. The van der Waals surface area contributed by atoms with Gasteiger partial charge in [0.25, 0.3) is 0 Å². The van der Waals surface area contributed by atoms with Crippen LogP contribution in [0.15, 0.2) is 53.8 Å². The van der Waals surface area contributed by atoms with Crippen LogP contribution in [0.2, 0.25) is 5.02 Å². The van der Waals surface area contributed by atoms with Crippen LogP contribution in [-0.4, -0.2) is 55.4 Å². The number of aromatic nitrogens is 2. The number of fused-ring (bicyclic) bond motifs is 1. The lowest BCUT2D eigenvalue weighted by atomic mass is 10.0. The van der Waals surface area contributed by atoms with Crippen LogP contribution < -0.4 is 14.8 Å². The summed E-state index contributed by atoms with van der Waals surface area (Å²) in [6.07, 6.45) is 3.99. The standard InChI is InChI=1S/C24H23ClFN5O4S/c25-20-12-18(26)2-4-21(20)35-22-13-28-14-29-23(22)30-5-7-31(8-6-30)24(32)17-9-15-1-3-19(36(27,33)34)11-16(15)10-17/h1-4,11-14,17H,5-10H2,(H2,27,33,34). The minimum absolute atomic E-state index is 0.0419. The molecule has 1 unspecified atom stereocenters. The van der Waals surface area contributed by atoms with Crippen molar-refractivity contribution in [3.05, 3.63) is 70.9 Å². The van der Waals surface area contributed by atoms with Gasteiger partial charge in [-0.3, -0.25) is 4.79 Å². The zero-order chi connectivity index (χ0) is 25.4. The molecule has 12 heteroatoms. The van der Waals surface area contributed by atoms with Gasteiger partial charge < -0.3 is 14.5 Å². The van der Waals surface area contributed by atoms with Crippen LogP contribution in [-0.2, 0) is 27.7 Å². The minimum atomic E-state index is -3.79. The van der Waals surface area contributed by atoms with Crippen LogP contribution in [0.4, 0.5) is 10.2 Å². The molecule has 188 valence electrons. The molecule has 1 aliphatic heterocycles. The van der Waals surface area contributed by atoms with Crippen LogP contribution in [0.5, 0.6) is 11.5 Å². The third-order valence-electron chi connectivity index (χ3n) is 6.45. The Balaban J connectivity index is 1.24. The van der Waals surface area contributed by atoms with E-state index in [4.69, 9.17) is 21.5 Å². The number of rotatable bonds is 5. The maximum atomic E-state index is 13.4. The molecule has 1 aromatic heterocycles. The second-order valence-corrected chi connectivity index (χ2v) is 10.7. The van der Waals surface area contributed by atoms with E-state index in [1.807, 2.05) is 9.80 Å². The van der Waals surface area contributed by atoms with Crippen molar-refractivity contribution in [2.75, 3.05) is 31.1 Å². The largest absolute Gasteiger partial charge is 0.450 e. The predicted octanol–water partition coefficient (Wildman–Crippen LogP) is 2.77. The minimum Gasteiger partial charge on any atom is -0.450 e. The van der Waals surface area contributed by atoms with Crippen molar-refractivity contribution < 1.29 is 22.3 Å². The van der Waals surface area contributed by atoms with Crippen LogP contribution in [0.3, 0.4) is 0 Å². The molecule has 0 saturated carbocycles. The molecule has 1 aliphatic carbocycles. The van der Waals surface area contributed by atoms with Gasteiger partial charge in [-0.15, -0.1) is 0 Å². The number of hydrogen-bond donors (Lipinski definition) is 1. The molecule has 2 N–H and O–H groups in total. The van der Waals surface area contributed by atoms with Crippen LogP contribution in [0.1, 0.15) is 11.1 Å². The Kier molecular flexibility index (Phi) is 6.54. The average molecular weight is 532 g/mol. The first-order valence-electron chi connectivity index (χ1n) is 11.3. The Morgan fingerprint density at radius 2 is 1.81 bits per heavy atom. The van der Waals surface area contributed by atoms with Crippen molar-refractivity contribution in [3.63, 3.8) is 0 Å². The lowest BCUT2D eigenvalue weighted by Gasteiger charge is -2.36. The molecule has 0 radical (unpaired) electrons. The summed E-state index contributed by atoms with van der Waals surface area (Å²) in [5, 5.41) is 5.38.